The summed E-state index contributed by atoms with van der Waals surface area (Å²) in [6.45, 7) is 7.46. The van der Waals surface area contributed by atoms with Gasteiger partial charge in [0, 0.05) is 31.6 Å². The molecule has 0 aromatic carbocycles. The number of hydrogen-bond donors (Lipinski definition) is 0. The van der Waals surface area contributed by atoms with Crippen LogP contribution in [0.15, 0.2) is 0 Å². The molecule has 4 fully saturated rings. The molecule has 0 heterocycles. The van der Waals surface area contributed by atoms with Gasteiger partial charge in [0.2, 0.25) is 0 Å². The molecule has 4 aliphatic rings. The highest BCUT2D eigenvalue weighted by molar-refractivity contribution is 5.87. The van der Waals surface area contributed by atoms with Crippen molar-refractivity contribution in [2.45, 2.75) is 91.3 Å². The van der Waals surface area contributed by atoms with E-state index >= 15 is 0 Å². The third kappa shape index (κ3) is 3.00. The maximum Gasteiger partial charge on any atom is 0.302 e. The number of esters is 2. The predicted octanol–water partition coefficient (Wildman–Crippen LogP) is 4.07. The topological polar surface area (TPSA) is 69.7 Å². The molecule has 8 unspecified atom stereocenters. The molecule has 4 saturated carbocycles. The third-order valence-electron chi connectivity index (χ3n) is 8.89. The van der Waals surface area contributed by atoms with Crippen LogP contribution in [0.1, 0.15) is 79.1 Å². The SMILES string of the molecule is CC(=O)OC1CCC2(C)C(CCC3C4CCC(=O)C4(C)CC(OC(C)=O)C32)C1. The summed E-state index contributed by atoms with van der Waals surface area (Å²) in [6, 6.07) is 0. The highest BCUT2D eigenvalue weighted by Crippen LogP contribution is 2.66. The minimum Gasteiger partial charge on any atom is -0.463 e. The quantitative estimate of drug-likeness (QED) is 0.665. The molecule has 5 nitrogen and oxygen atoms in total. The Kier molecular flexibility index (Phi) is 4.86. The number of rotatable bonds is 2. The molecular formula is C23H34O5. The van der Waals surface area contributed by atoms with Crippen molar-refractivity contribution in [1.29, 1.82) is 0 Å². The number of carbonyl (C=O) groups is 3. The first kappa shape index (κ1) is 19.9. The molecule has 156 valence electrons. The highest BCUT2D eigenvalue weighted by atomic mass is 16.5. The Morgan fingerprint density at radius 1 is 1.00 bits per heavy atom. The van der Waals surface area contributed by atoms with Crippen molar-refractivity contribution in [2.75, 3.05) is 0 Å². The first-order valence-electron chi connectivity index (χ1n) is 11.0. The number of ketones is 1. The molecule has 0 aromatic heterocycles. The van der Waals surface area contributed by atoms with E-state index in [9.17, 15) is 14.4 Å². The normalized spacial score (nSPS) is 47.5. The van der Waals surface area contributed by atoms with Gasteiger partial charge in [-0.2, -0.15) is 0 Å². The molecule has 8 atom stereocenters. The fraction of sp³-hybridized carbons (Fsp3) is 0.870. The molecular weight excluding hydrogens is 356 g/mol. The van der Waals surface area contributed by atoms with Gasteiger partial charge in [0.1, 0.15) is 18.0 Å². The molecule has 0 aliphatic heterocycles. The monoisotopic (exact) mass is 390 g/mol. The summed E-state index contributed by atoms with van der Waals surface area (Å²) in [4.78, 5) is 36.1. The number of ether oxygens (including phenoxy) is 2. The summed E-state index contributed by atoms with van der Waals surface area (Å²) >= 11 is 0. The van der Waals surface area contributed by atoms with E-state index in [0.717, 1.165) is 38.5 Å². The predicted molar refractivity (Wildman–Crippen MR) is 103 cm³/mol. The van der Waals surface area contributed by atoms with Crippen molar-refractivity contribution >= 4 is 17.7 Å². The van der Waals surface area contributed by atoms with E-state index in [1.165, 1.54) is 13.8 Å². The molecule has 0 spiro atoms. The molecule has 0 radical (unpaired) electrons. The van der Waals surface area contributed by atoms with E-state index in [0.29, 0.717) is 42.3 Å². The summed E-state index contributed by atoms with van der Waals surface area (Å²) in [5, 5.41) is 0. The van der Waals surface area contributed by atoms with Crippen LogP contribution in [-0.2, 0) is 23.9 Å². The number of fused-ring (bicyclic) bond motifs is 5. The molecule has 0 bridgehead atoms. The van der Waals surface area contributed by atoms with Crippen molar-refractivity contribution in [2.24, 2.45) is 34.5 Å². The first-order valence-corrected chi connectivity index (χ1v) is 11.0. The number of hydrogen-bond acceptors (Lipinski definition) is 5. The zero-order valence-electron chi connectivity index (χ0n) is 17.7. The smallest absolute Gasteiger partial charge is 0.302 e. The van der Waals surface area contributed by atoms with Gasteiger partial charge in [0.25, 0.3) is 0 Å². The minimum atomic E-state index is -0.334. The summed E-state index contributed by atoms with van der Waals surface area (Å²) in [7, 11) is 0. The average Bonchev–Trinajstić information content (AvgIpc) is 2.89. The Bertz CT molecular complexity index is 686. The Balaban J connectivity index is 1.65. The molecule has 4 rings (SSSR count). The lowest BCUT2D eigenvalue weighted by atomic mass is 9.44. The maximum atomic E-state index is 12.8. The largest absolute Gasteiger partial charge is 0.463 e. The second-order valence-electron chi connectivity index (χ2n) is 10.3. The Morgan fingerprint density at radius 3 is 2.39 bits per heavy atom. The van der Waals surface area contributed by atoms with Gasteiger partial charge >= 0.3 is 11.9 Å². The molecule has 0 saturated heterocycles. The highest BCUT2D eigenvalue weighted by Gasteiger charge is 2.64. The van der Waals surface area contributed by atoms with Crippen LogP contribution in [0.2, 0.25) is 0 Å². The van der Waals surface area contributed by atoms with E-state index in [-0.39, 0.29) is 35.0 Å². The van der Waals surface area contributed by atoms with Gasteiger partial charge in [-0.25, -0.2) is 0 Å². The molecule has 28 heavy (non-hydrogen) atoms. The lowest BCUT2D eigenvalue weighted by Gasteiger charge is -2.61. The lowest BCUT2D eigenvalue weighted by molar-refractivity contribution is -0.197. The summed E-state index contributed by atoms with van der Waals surface area (Å²) in [6.07, 6.45) is 7.15. The van der Waals surface area contributed by atoms with Crippen LogP contribution in [0.4, 0.5) is 0 Å². The van der Waals surface area contributed by atoms with Crippen LogP contribution in [0, 0.1) is 34.5 Å². The van der Waals surface area contributed by atoms with Crippen LogP contribution in [-0.4, -0.2) is 29.9 Å². The second-order valence-corrected chi connectivity index (χ2v) is 10.3. The lowest BCUT2D eigenvalue weighted by Crippen LogP contribution is -2.60. The Labute approximate surface area is 167 Å². The molecule has 5 heteroatoms. The van der Waals surface area contributed by atoms with E-state index in [1.54, 1.807) is 0 Å². The van der Waals surface area contributed by atoms with E-state index in [1.807, 2.05) is 0 Å². The van der Waals surface area contributed by atoms with E-state index in [2.05, 4.69) is 13.8 Å². The van der Waals surface area contributed by atoms with Crippen molar-refractivity contribution < 1.29 is 23.9 Å². The summed E-state index contributed by atoms with van der Waals surface area (Å²) in [5.74, 6) is 1.57. The first-order chi connectivity index (χ1) is 13.1. The molecule has 0 aromatic rings. The Hall–Kier alpha value is -1.39. The van der Waals surface area contributed by atoms with Crippen LogP contribution in [0.3, 0.4) is 0 Å². The van der Waals surface area contributed by atoms with Gasteiger partial charge in [-0.05, 0) is 68.1 Å². The third-order valence-corrected chi connectivity index (χ3v) is 8.89. The summed E-state index contributed by atoms with van der Waals surface area (Å²) < 4.78 is 11.5. The van der Waals surface area contributed by atoms with Crippen molar-refractivity contribution in [3.8, 4) is 0 Å². The fourth-order valence-electron chi connectivity index (χ4n) is 7.75. The molecule has 0 N–H and O–H groups in total. The number of carbonyl (C=O) groups excluding carboxylic acids is 3. The van der Waals surface area contributed by atoms with Crippen molar-refractivity contribution in [3.05, 3.63) is 0 Å². The number of Topliss-reactive ketones (excluding diaryl/α,β-unsaturated/α-hetero) is 1. The average molecular weight is 391 g/mol. The van der Waals surface area contributed by atoms with Gasteiger partial charge in [0.15, 0.2) is 0 Å². The van der Waals surface area contributed by atoms with Gasteiger partial charge < -0.3 is 9.47 Å². The van der Waals surface area contributed by atoms with Crippen LogP contribution < -0.4 is 0 Å². The van der Waals surface area contributed by atoms with Gasteiger partial charge in [-0.15, -0.1) is 0 Å². The van der Waals surface area contributed by atoms with E-state index < -0.39 is 0 Å². The van der Waals surface area contributed by atoms with Gasteiger partial charge in [0.05, 0.1) is 0 Å². The zero-order valence-corrected chi connectivity index (χ0v) is 17.7. The zero-order chi connectivity index (χ0) is 20.3. The van der Waals surface area contributed by atoms with Crippen LogP contribution >= 0.6 is 0 Å². The van der Waals surface area contributed by atoms with Gasteiger partial charge in [-0.3, -0.25) is 14.4 Å². The van der Waals surface area contributed by atoms with Gasteiger partial charge in [-0.1, -0.05) is 13.8 Å². The molecule has 4 aliphatic carbocycles. The van der Waals surface area contributed by atoms with E-state index in [4.69, 9.17) is 9.47 Å². The minimum absolute atomic E-state index is 0.0150. The Morgan fingerprint density at radius 2 is 1.71 bits per heavy atom. The van der Waals surface area contributed by atoms with Crippen LogP contribution in [0.5, 0.6) is 0 Å². The van der Waals surface area contributed by atoms with Crippen molar-refractivity contribution in [1.82, 2.24) is 0 Å². The van der Waals surface area contributed by atoms with Crippen LogP contribution in [0.25, 0.3) is 0 Å². The standard InChI is InChI=1S/C23H34O5/c1-13(24)27-16-9-10-22(3)15(11-16)5-6-17-18-7-8-20(26)23(18,4)12-19(21(17)22)28-14(2)25/h15-19,21H,5-12H2,1-4H3. The molecule has 0 amide bonds. The maximum absolute atomic E-state index is 12.8. The second kappa shape index (κ2) is 6.84. The summed E-state index contributed by atoms with van der Waals surface area (Å²) in [5.41, 5.74) is -0.258. The van der Waals surface area contributed by atoms with Crippen molar-refractivity contribution in [3.63, 3.8) is 0 Å². The fourth-order valence-corrected chi connectivity index (χ4v) is 7.75.